The van der Waals surface area contributed by atoms with Gasteiger partial charge in [-0.05, 0) is 90.7 Å². The average molecular weight is 598 g/mol. The molecule has 0 atom stereocenters. The molecule has 1 aliphatic rings. The van der Waals surface area contributed by atoms with Crippen LogP contribution in [0.5, 0.6) is 11.5 Å². The van der Waals surface area contributed by atoms with Gasteiger partial charge in [0, 0.05) is 5.02 Å². The van der Waals surface area contributed by atoms with Crippen LogP contribution in [0.25, 0.3) is 6.08 Å². The van der Waals surface area contributed by atoms with Crippen LogP contribution in [0.2, 0.25) is 5.02 Å². The van der Waals surface area contributed by atoms with Crippen molar-refractivity contribution < 1.29 is 23.9 Å². The third kappa shape index (κ3) is 5.92. The van der Waals surface area contributed by atoms with Gasteiger partial charge in [-0.15, -0.1) is 0 Å². The van der Waals surface area contributed by atoms with Gasteiger partial charge < -0.3 is 9.47 Å². The molecule has 0 aromatic heterocycles. The van der Waals surface area contributed by atoms with E-state index in [9.17, 15) is 14.4 Å². The lowest BCUT2D eigenvalue weighted by molar-refractivity contribution is -0.122. The van der Waals surface area contributed by atoms with E-state index in [0.717, 1.165) is 27.2 Å². The normalized spacial score (nSPS) is 14.6. The van der Waals surface area contributed by atoms with Crippen molar-refractivity contribution in [3.8, 4) is 11.5 Å². The summed E-state index contributed by atoms with van der Waals surface area (Å²) in [6, 6.07) is 13.6. The van der Waals surface area contributed by atoms with Crippen molar-refractivity contribution in [2.45, 2.75) is 34.3 Å². The SMILES string of the molecule is CCOc1cc(/C=C2\C(=O)NC(=O)N(c3ccc(C)c(Cl)c3)C2=O)cc(Br)c1OCc1cc(C)cc(C)c1. The zero-order valence-electron chi connectivity index (χ0n) is 21.4. The van der Waals surface area contributed by atoms with E-state index in [1.807, 2.05) is 27.7 Å². The van der Waals surface area contributed by atoms with Crippen LogP contribution in [0, 0.1) is 20.8 Å². The van der Waals surface area contributed by atoms with Crippen LogP contribution in [-0.4, -0.2) is 24.5 Å². The molecule has 0 saturated carbocycles. The fraction of sp³-hybridized carbons (Fsp3) is 0.207. The highest BCUT2D eigenvalue weighted by Gasteiger charge is 2.37. The smallest absolute Gasteiger partial charge is 0.335 e. The fourth-order valence-corrected chi connectivity index (χ4v) is 4.91. The number of hydrogen-bond donors (Lipinski definition) is 1. The lowest BCUT2D eigenvalue weighted by Gasteiger charge is -2.26. The van der Waals surface area contributed by atoms with Crippen molar-refractivity contribution in [2.75, 3.05) is 11.5 Å². The van der Waals surface area contributed by atoms with E-state index in [2.05, 4.69) is 39.4 Å². The molecule has 38 heavy (non-hydrogen) atoms. The van der Waals surface area contributed by atoms with Crippen molar-refractivity contribution in [1.29, 1.82) is 0 Å². The van der Waals surface area contributed by atoms with E-state index in [4.69, 9.17) is 21.1 Å². The number of halogens is 2. The van der Waals surface area contributed by atoms with Gasteiger partial charge in [-0.25, -0.2) is 9.69 Å². The summed E-state index contributed by atoms with van der Waals surface area (Å²) in [6.45, 7) is 8.43. The first-order valence-corrected chi connectivity index (χ1v) is 13.1. The van der Waals surface area contributed by atoms with Gasteiger partial charge >= 0.3 is 6.03 Å². The lowest BCUT2D eigenvalue weighted by Crippen LogP contribution is -2.54. The first kappa shape index (κ1) is 27.4. The van der Waals surface area contributed by atoms with Crippen LogP contribution in [0.1, 0.15) is 34.7 Å². The minimum Gasteiger partial charge on any atom is -0.490 e. The van der Waals surface area contributed by atoms with Crippen LogP contribution >= 0.6 is 27.5 Å². The van der Waals surface area contributed by atoms with Gasteiger partial charge in [-0.1, -0.05) is 47.0 Å². The number of nitrogens with one attached hydrogen (secondary N) is 1. The Morgan fingerprint density at radius 2 is 1.68 bits per heavy atom. The molecular weight excluding hydrogens is 572 g/mol. The Kier molecular flexibility index (Phi) is 8.23. The molecule has 1 N–H and O–H groups in total. The number of carbonyl (C=O) groups excluding carboxylic acids is 3. The number of nitrogens with zero attached hydrogens (tertiary/aromatic N) is 1. The number of amides is 4. The number of hydrogen-bond acceptors (Lipinski definition) is 5. The fourth-order valence-electron chi connectivity index (χ4n) is 4.16. The van der Waals surface area contributed by atoms with E-state index in [-0.39, 0.29) is 11.3 Å². The molecule has 196 valence electrons. The van der Waals surface area contributed by atoms with Gasteiger partial charge in [-0.2, -0.15) is 0 Å². The zero-order valence-corrected chi connectivity index (χ0v) is 23.7. The number of carbonyl (C=O) groups is 3. The Morgan fingerprint density at radius 3 is 2.34 bits per heavy atom. The van der Waals surface area contributed by atoms with Gasteiger partial charge in [0.1, 0.15) is 12.2 Å². The van der Waals surface area contributed by atoms with E-state index in [1.54, 1.807) is 24.3 Å². The highest BCUT2D eigenvalue weighted by molar-refractivity contribution is 9.10. The maximum atomic E-state index is 13.3. The quantitative estimate of drug-likeness (QED) is 0.243. The molecule has 0 spiro atoms. The monoisotopic (exact) mass is 596 g/mol. The summed E-state index contributed by atoms with van der Waals surface area (Å²) in [4.78, 5) is 39.4. The molecule has 0 aliphatic carbocycles. The maximum Gasteiger partial charge on any atom is 0.335 e. The summed E-state index contributed by atoms with van der Waals surface area (Å²) in [5.41, 5.74) is 4.66. The molecule has 1 aliphatic heterocycles. The van der Waals surface area contributed by atoms with Crippen molar-refractivity contribution >= 4 is 57.1 Å². The summed E-state index contributed by atoms with van der Waals surface area (Å²) in [7, 11) is 0. The van der Waals surface area contributed by atoms with E-state index in [0.29, 0.717) is 39.8 Å². The van der Waals surface area contributed by atoms with E-state index >= 15 is 0 Å². The molecule has 1 heterocycles. The topological polar surface area (TPSA) is 84.9 Å². The predicted octanol–water partition coefficient (Wildman–Crippen LogP) is 6.67. The number of aryl methyl sites for hydroxylation is 3. The third-order valence-electron chi connectivity index (χ3n) is 5.82. The molecule has 0 unspecified atom stereocenters. The molecule has 0 bridgehead atoms. The number of imide groups is 2. The minimum absolute atomic E-state index is 0.209. The van der Waals surface area contributed by atoms with E-state index < -0.39 is 17.8 Å². The Morgan fingerprint density at radius 1 is 0.974 bits per heavy atom. The Hall–Kier alpha value is -3.62. The van der Waals surface area contributed by atoms with Crippen LogP contribution < -0.4 is 19.7 Å². The first-order valence-electron chi connectivity index (χ1n) is 11.9. The number of urea groups is 1. The second-order valence-electron chi connectivity index (χ2n) is 8.94. The van der Waals surface area contributed by atoms with Gasteiger partial charge in [0.2, 0.25) is 0 Å². The molecule has 4 rings (SSSR count). The average Bonchev–Trinajstić information content (AvgIpc) is 2.83. The molecule has 9 heteroatoms. The Labute approximate surface area is 234 Å². The van der Waals surface area contributed by atoms with Crippen LogP contribution in [-0.2, 0) is 16.2 Å². The number of anilines is 1. The van der Waals surface area contributed by atoms with Gasteiger partial charge in [-0.3, -0.25) is 14.9 Å². The summed E-state index contributed by atoms with van der Waals surface area (Å²) in [6.07, 6.45) is 1.41. The summed E-state index contributed by atoms with van der Waals surface area (Å²) in [5, 5.41) is 2.62. The maximum absolute atomic E-state index is 13.3. The number of ether oxygens (including phenoxy) is 2. The highest BCUT2D eigenvalue weighted by atomic mass is 79.9. The predicted molar refractivity (Wildman–Crippen MR) is 151 cm³/mol. The molecule has 4 amide bonds. The lowest BCUT2D eigenvalue weighted by atomic mass is 10.1. The highest BCUT2D eigenvalue weighted by Crippen LogP contribution is 2.38. The number of barbiturate groups is 1. The number of rotatable bonds is 7. The van der Waals surface area contributed by atoms with Crippen LogP contribution in [0.15, 0.2) is 58.6 Å². The molecule has 0 radical (unpaired) electrons. The molecule has 3 aromatic carbocycles. The molecule has 1 fully saturated rings. The second kappa shape index (κ2) is 11.4. The Balaban J connectivity index is 1.67. The largest absolute Gasteiger partial charge is 0.490 e. The Bertz CT molecular complexity index is 1460. The molecule has 3 aromatic rings. The van der Waals surface area contributed by atoms with Gasteiger partial charge in [0.15, 0.2) is 11.5 Å². The van der Waals surface area contributed by atoms with Crippen molar-refractivity contribution in [2.24, 2.45) is 0 Å². The van der Waals surface area contributed by atoms with E-state index in [1.165, 1.54) is 12.1 Å². The first-order chi connectivity index (χ1) is 18.1. The van der Waals surface area contributed by atoms with Crippen LogP contribution in [0.4, 0.5) is 10.5 Å². The summed E-state index contributed by atoms with van der Waals surface area (Å²) in [5.74, 6) is -0.611. The minimum atomic E-state index is -0.844. The van der Waals surface area contributed by atoms with Gasteiger partial charge in [0.05, 0.1) is 16.8 Å². The van der Waals surface area contributed by atoms with Crippen molar-refractivity contribution in [1.82, 2.24) is 5.32 Å². The zero-order chi connectivity index (χ0) is 27.6. The van der Waals surface area contributed by atoms with Crippen molar-refractivity contribution in [3.63, 3.8) is 0 Å². The standard InChI is InChI=1S/C29H26BrClN2O5/c1-5-37-25-13-19(12-23(30)26(25)38-15-20-9-16(2)8-17(3)10-20)11-22-27(34)32-29(36)33(28(22)35)21-7-6-18(4)24(31)14-21/h6-14H,5,15H2,1-4H3,(H,32,34,36)/b22-11+. The summed E-state index contributed by atoms with van der Waals surface area (Å²) >= 11 is 9.74. The molecule has 7 nitrogen and oxygen atoms in total. The van der Waals surface area contributed by atoms with Crippen molar-refractivity contribution in [3.05, 3.63) is 91.4 Å². The number of benzene rings is 3. The van der Waals surface area contributed by atoms with Crippen LogP contribution in [0.3, 0.4) is 0 Å². The third-order valence-corrected chi connectivity index (χ3v) is 6.82. The summed E-state index contributed by atoms with van der Waals surface area (Å²) < 4.78 is 12.5. The molecule has 1 saturated heterocycles. The molecular formula is C29H26BrClN2O5. The second-order valence-corrected chi connectivity index (χ2v) is 10.2. The van der Waals surface area contributed by atoms with Gasteiger partial charge in [0.25, 0.3) is 11.8 Å².